The molecule has 0 atom stereocenters. The molecule has 0 radical (unpaired) electrons. The number of aromatic nitrogens is 2. The highest BCUT2D eigenvalue weighted by Crippen LogP contribution is 2.17. The molecule has 3 rings (SSSR count). The third kappa shape index (κ3) is 4.77. The molecule has 2 aromatic carbocycles. The van der Waals surface area contributed by atoms with Crippen LogP contribution >= 0.6 is 11.8 Å². The van der Waals surface area contributed by atoms with Crippen molar-refractivity contribution in [3.63, 3.8) is 0 Å². The number of hydrogen-bond donors (Lipinski definition) is 1. The molecule has 27 heavy (non-hydrogen) atoms. The smallest absolute Gasteiger partial charge is 0.251 e. The lowest BCUT2D eigenvalue weighted by Gasteiger charge is -2.10. The van der Waals surface area contributed by atoms with Crippen molar-refractivity contribution in [3.05, 3.63) is 83.2 Å². The minimum atomic E-state index is -0.347. The maximum atomic E-state index is 14.4. The molecule has 1 N–H and O–H groups in total. The number of carbonyl (C=O) groups excluding carboxylic acids is 1. The Labute approximate surface area is 162 Å². The van der Waals surface area contributed by atoms with Crippen LogP contribution in [0.2, 0.25) is 0 Å². The first-order valence-electron chi connectivity index (χ1n) is 8.82. The SMILES string of the molecule is CCSCc1ccc(C(=O)NCc2ccc(-n3ccnc3C)c(F)c2)cc1. The topological polar surface area (TPSA) is 46.9 Å². The molecular weight excluding hydrogens is 361 g/mol. The number of amides is 1. The van der Waals surface area contributed by atoms with Gasteiger partial charge in [-0.05, 0) is 48.1 Å². The van der Waals surface area contributed by atoms with Gasteiger partial charge < -0.3 is 9.88 Å². The number of nitrogens with one attached hydrogen (secondary N) is 1. The summed E-state index contributed by atoms with van der Waals surface area (Å²) in [5.41, 5.74) is 2.95. The number of thioether (sulfide) groups is 1. The maximum absolute atomic E-state index is 14.4. The number of rotatable bonds is 7. The van der Waals surface area contributed by atoms with Crippen molar-refractivity contribution in [2.45, 2.75) is 26.1 Å². The summed E-state index contributed by atoms with van der Waals surface area (Å²) < 4.78 is 16.1. The Morgan fingerprint density at radius 1 is 1.19 bits per heavy atom. The van der Waals surface area contributed by atoms with Gasteiger partial charge in [-0.3, -0.25) is 4.79 Å². The standard InChI is InChI=1S/C21H22FN3OS/c1-3-27-14-16-4-7-18(8-5-16)21(26)24-13-17-6-9-20(19(22)12-17)25-11-10-23-15(25)2/h4-12H,3,13-14H2,1-2H3,(H,24,26). The number of aryl methyl sites for hydroxylation is 1. The van der Waals surface area contributed by atoms with Crippen molar-refractivity contribution in [1.29, 1.82) is 0 Å². The first kappa shape index (κ1) is 19.2. The van der Waals surface area contributed by atoms with Gasteiger partial charge in [0.25, 0.3) is 5.91 Å². The van der Waals surface area contributed by atoms with E-state index in [1.54, 1.807) is 23.0 Å². The van der Waals surface area contributed by atoms with Crippen LogP contribution in [-0.2, 0) is 12.3 Å². The van der Waals surface area contributed by atoms with Gasteiger partial charge in [0.2, 0.25) is 0 Å². The van der Waals surface area contributed by atoms with Crippen LogP contribution in [0.25, 0.3) is 5.69 Å². The van der Waals surface area contributed by atoms with Crippen molar-refractivity contribution in [2.75, 3.05) is 5.75 Å². The molecule has 0 fully saturated rings. The Hall–Kier alpha value is -2.60. The minimum Gasteiger partial charge on any atom is -0.348 e. The van der Waals surface area contributed by atoms with Crippen LogP contribution in [0, 0.1) is 12.7 Å². The van der Waals surface area contributed by atoms with Gasteiger partial charge in [-0.2, -0.15) is 11.8 Å². The molecule has 3 aromatic rings. The summed E-state index contributed by atoms with van der Waals surface area (Å²) in [4.78, 5) is 16.4. The largest absolute Gasteiger partial charge is 0.348 e. The van der Waals surface area contributed by atoms with E-state index in [0.717, 1.165) is 17.3 Å². The highest BCUT2D eigenvalue weighted by atomic mass is 32.2. The minimum absolute atomic E-state index is 0.167. The van der Waals surface area contributed by atoms with Gasteiger partial charge in [0.1, 0.15) is 11.6 Å². The quantitative estimate of drug-likeness (QED) is 0.653. The average molecular weight is 383 g/mol. The van der Waals surface area contributed by atoms with E-state index in [9.17, 15) is 9.18 Å². The van der Waals surface area contributed by atoms with Gasteiger partial charge in [0.05, 0.1) is 5.69 Å². The van der Waals surface area contributed by atoms with Gasteiger partial charge in [-0.15, -0.1) is 0 Å². The molecule has 1 amide bonds. The highest BCUT2D eigenvalue weighted by molar-refractivity contribution is 7.98. The highest BCUT2D eigenvalue weighted by Gasteiger charge is 2.09. The number of imidazole rings is 1. The molecule has 0 saturated carbocycles. The van der Waals surface area contributed by atoms with E-state index in [1.807, 2.05) is 49.0 Å². The Balaban J connectivity index is 1.62. The zero-order valence-electron chi connectivity index (χ0n) is 15.4. The van der Waals surface area contributed by atoms with Crippen LogP contribution in [-0.4, -0.2) is 21.2 Å². The molecule has 140 valence electrons. The Morgan fingerprint density at radius 3 is 2.56 bits per heavy atom. The van der Waals surface area contributed by atoms with Crippen molar-refractivity contribution < 1.29 is 9.18 Å². The van der Waals surface area contributed by atoms with Crippen molar-refractivity contribution in [3.8, 4) is 5.69 Å². The van der Waals surface area contributed by atoms with Crippen LogP contribution in [0.4, 0.5) is 4.39 Å². The number of halogens is 1. The molecule has 0 aliphatic heterocycles. The molecule has 0 bridgehead atoms. The van der Waals surface area contributed by atoms with Crippen LogP contribution in [0.3, 0.4) is 0 Å². The Kier molecular flexibility index (Phi) is 6.29. The molecule has 0 aliphatic rings. The fourth-order valence-corrected chi connectivity index (χ4v) is 3.38. The summed E-state index contributed by atoms with van der Waals surface area (Å²) in [6, 6.07) is 12.5. The Morgan fingerprint density at radius 2 is 1.93 bits per heavy atom. The molecule has 1 heterocycles. The first-order valence-corrected chi connectivity index (χ1v) is 9.97. The summed E-state index contributed by atoms with van der Waals surface area (Å²) in [7, 11) is 0. The molecule has 0 saturated heterocycles. The van der Waals surface area contributed by atoms with Gasteiger partial charge >= 0.3 is 0 Å². The van der Waals surface area contributed by atoms with Gasteiger partial charge in [0, 0.05) is 30.3 Å². The van der Waals surface area contributed by atoms with E-state index in [4.69, 9.17) is 0 Å². The predicted octanol–water partition coefficient (Wildman–Crippen LogP) is 4.50. The molecular formula is C21H22FN3OS. The maximum Gasteiger partial charge on any atom is 0.251 e. The van der Waals surface area contributed by atoms with Crippen LogP contribution in [0.15, 0.2) is 54.9 Å². The Bertz CT molecular complexity index is 921. The first-order chi connectivity index (χ1) is 13.1. The second kappa shape index (κ2) is 8.86. The predicted molar refractivity (Wildman–Crippen MR) is 108 cm³/mol. The normalized spacial score (nSPS) is 10.8. The van der Waals surface area contributed by atoms with E-state index >= 15 is 0 Å². The number of benzene rings is 2. The fourth-order valence-electron chi connectivity index (χ4n) is 2.74. The average Bonchev–Trinajstić information content (AvgIpc) is 3.10. The monoisotopic (exact) mass is 383 g/mol. The van der Waals surface area contributed by atoms with E-state index in [1.165, 1.54) is 11.6 Å². The fraction of sp³-hybridized carbons (Fsp3) is 0.238. The second-order valence-electron chi connectivity index (χ2n) is 6.15. The van der Waals surface area contributed by atoms with E-state index in [-0.39, 0.29) is 18.3 Å². The van der Waals surface area contributed by atoms with Crippen molar-refractivity contribution in [1.82, 2.24) is 14.9 Å². The summed E-state index contributed by atoms with van der Waals surface area (Å²) in [5, 5.41) is 2.84. The molecule has 0 unspecified atom stereocenters. The van der Waals surface area contributed by atoms with Crippen LogP contribution in [0.5, 0.6) is 0 Å². The summed E-state index contributed by atoms with van der Waals surface area (Å²) in [6.45, 7) is 4.21. The van der Waals surface area contributed by atoms with E-state index in [0.29, 0.717) is 16.8 Å². The van der Waals surface area contributed by atoms with Crippen LogP contribution in [0.1, 0.15) is 34.2 Å². The number of carbonyl (C=O) groups is 1. The van der Waals surface area contributed by atoms with Crippen molar-refractivity contribution in [2.24, 2.45) is 0 Å². The lowest BCUT2D eigenvalue weighted by atomic mass is 10.1. The number of nitrogens with zero attached hydrogens (tertiary/aromatic N) is 2. The van der Waals surface area contributed by atoms with Gasteiger partial charge in [-0.25, -0.2) is 9.37 Å². The summed E-state index contributed by atoms with van der Waals surface area (Å²) in [6.07, 6.45) is 3.35. The number of hydrogen-bond acceptors (Lipinski definition) is 3. The van der Waals surface area contributed by atoms with Crippen LogP contribution < -0.4 is 5.32 Å². The third-order valence-corrected chi connectivity index (χ3v) is 5.19. The van der Waals surface area contributed by atoms with E-state index in [2.05, 4.69) is 17.2 Å². The zero-order chi connectivity index (χ0) is 19.2. The molecule has 6 heteroatoms. The summed E-state index contributed by atoms with van der Waals surface area (Å²) >= 11 is 1.84. The lowest BCUT2D eigenvalue weighted by molar-refractivity contribution is 0.0951. The van der Waals surface area contributed by atoms with Crippen molar-refractivity contribution >= 4 is 17.7 Å². The molecule has 4 nitrogen and oxygen atoms in total. The zero-order valence-corrected chi connectivity index (χ0v) is 16.2. The van der Waals surface area contributed by atoms with E-state index < -0.39 is 0 Å². The lowest BCUT2D eigenvalue weighted by Crippen LogP contribution is -2.22. The molecule has 0 aliphatic carbocycles. The molecule has 0 spiro atoms. The summed E-state index contributed by atoms with van der Waals surface area (Å²) in [5.74, 6) is 2.22. The van der Waals surface area contributed by atoms with Gasteiger partial charge in [-0.1, -0.05) is 25.1 Å². The van der Waals surface area contributed by atoms with Gasteiger partial charge in [0.15, 0.2) is 0 Å². The molecule has 1 aromatic heterocycles. The second-order valence-corrected chi connectivity index (χ2v) is 7.42. The third-order valence-electron chi connectivity index (χ3n) is 4.24.